The van der Waals surface area contributed by atoms with Crippen molar-refractivity contribution in [2.24, 2.45) is 17.8 Å². The standard InChI is InChI=1S/C28H40BrN3O5S/c1-6-8-16(5)30-26(35)24-28-13-19(29)23(38-28)21(22(28)27(36)32(24)20(14-33)15(3)4)25(34)31-17-9-11-18(12-10-17)37-7-2/h9-12,15-16,19-24,33H,6-8,13-14H2,1-5H3,(H,30,35)(H,31,34)/t16?,19?,20-,21-,22-,23-,24?,28?/m0/s1. The Bertz CT molecular complexity index is 1040. The molecule has 1 spiro atoms. The van der Waals surface area contributed by atoms with E-state index < -0.39 is 28.7 Å². The zero-order valence-electron chi connectivity index (χ0n) is 22.8. The molecule has 4 unspecified atom stereocenters. The lowest BCUT2D eigenvalue weighted by Crippen LogP contribution is -2.58. The number of nitrogens with one attached hydrogen (secondary N) is 2. The number of benzene rings is 1. The fraction of sp³-hybridized carbons (Fsp3) is 0.679. The Morgan fingerprint density at radius 1 is 1.21 bits per heavy atom. The van der Waals surface area contributed by atoms with Gasteiger partial charge in [-0.2, -0.15) is 0 Å². The second-order valence-electron chi connectivity index (χ2n) is 11.0. The summed E-state index contributed by atoms with van der Waals surface area (Å²) < 4.78 is 4.76. The summed E-state index contributed by atoms with van der Waals surface area (Å²) in [5, 5.41) is 16.3. The molecule has 2 bridgehead atoms. The molecule has 0 saturated carbocycles. The number of rotatable bonds is 11. The van der Waals surface area contributed by atoms with E-state index >= 15 is 0 Å². The van der Waals surface area contributed by atoms with Crippen LogP contribution in [-0.4, -0.2) is 73.9 Å². The SMILES string of the molecule is CCCC(C)NC(=O)C1N([C@@H](CO)C(C)C)C(=O)[C@@H]2[C@H](C(=O)Nc3ccc(OCC)cc3)[C@H]3SC12CC3Br. The van der Waals surface area contributed by atoms with Crippen LogP contribution in [0.3, 0.4) is 0 Å². The molecule has 0 aliphatic carbocycles. The predicted octanol–water partition coefficient (Wildman–Crippen LogP) is 3.81. The summed E-state index contributed by atoms with van der Waals surface area (Å²) in [6, 6.07) is 5.89. The number of carbonyl (C=O) groups is 3. The number of aliphatic hydroxyl groups is 1. The average Bonchev–Trinajstić information content (AvgIpc) is 3.44. The number of hydrogen-bond acceptors (Lipinski definition) is 6. The molecule has 10 heteroatoms. The molecule has 1 aromatic rings. The smallest absolute Gasteiger partial charge is 0.244 e. The monoisotopic (exact) mass is 609 g/mol. The fourth-order valence-electron chi connectivity index (χ4n) is 6.50. The Balaban J connectivity index is 1.68. The number of thioether (sulfide) groups is 1. The van der Waals surface area contributed by atoms with Crippen LogP contribution < -0.4 is 15.4 Å². The van der Waals surface area contributed by atoms with Crippen LogP contribution in [0.25, 0.3) is 0 Å². The minimum atomic E-state index is -0.753. The van der Waals surface area contributed by atoms with Gasteiger partial charge in [0.1, 0.15) is 11.8 Å². The van der Waals surface area contributed by atoms with Crippen LogP contribution in [0.2, 0.25) is 0 Å². The largest absolute Gasteiger partial charge is 0.494 e. The first-order valence-electron chi connectivity index (χ1n) is 13.7. The summed E-state index contributed by atoms with van der Waals surface area (Å²) in [6.07, 6.45) is 2.38. The van der Waals surface area contributed by atoms with Gasteiger partial charge in [0.15, 0.2) is 0 Å². The molecule has 1 aromatic carbocycles. The van der Waals surface area contributed by atoms with Crippen molar-refractivity contribution in [3.05, 3.63) is 24.3 Å². The lowest BCUT2D eigenvalue weighted by atomic mass is 9.70. The summed E-state index contributed by atoms with van der Waals surface area (Å²) in [7, 11) is 0. The van der Waals surface area contributed by atoms with Gasteiger partial charge < -0.3 is 25.4 Å². The molecule has 3 aliphatic rings. The van der Waals surface area contributed by atoms with Gasteiger partial charge in [-0.05, 0) is 56.9 Å². The van der Waals surface area contributed by atoms with Gasteiger partial charge in [0, 0.05) is 21.8 Å². The highest BCUT2D eigenvalue weighted by Crippen LogP contribution is 2.68. The van der Waals surface area contributed by atoms with E-state index in [2.05, 4.69) is 33.5 Å². The third-order valence-corrected chi connectivity index (χ3v) is 11.4. The number of anilines is 1. The number of likely N-dealkylation sites (tertiary alicyclic amines) is 1. The number of aliphatic hydroxyl groups excluding tert-OH is 1. The number of alkyl halides is 1. The summed E-state index contributed by atoms with van der Waals surface area (Å²) >= 11 is 5.40. The number of nitrogens with zero attached hydrogens (tertiary/aromatic N) is 1. The minimum Gasteiger partial charge on any atom is -0.494 e. The third kappa shape index (κ3) is 5.08. The summed E-state index contributed by atoms with van der Waals surface area (Å²) in [5.74, 6) is -1.20. The second kappa shape index (κ2) is 11.8. The number of amides is 3. The van der Waals surface area contributed by atoms with Gasteiger partial charge in [0.25, 0.3) is 0 Å². The van der Waals surface area contributed by atoms with Crippen molar-refractivity contribution < 1.29 is 24.2 Å². The topological polar surface area (TPSA) is 108 Å². The van der Waals surface area contributed by atoms with Crippen LogP contribution in [0.5, 0.6) is 5.75 Å². The van der Waals surface area contributed by atoms with E-state index in [1.165, 1.54) is 0 Å². The molecular formula is C28H40BrN3O5S. The Morgan fingerprint density at radius 2 is 1.89 bits per heavy atom. The van der Waals surface area contributed by atoms with Crippen LogP contribution in [0.1, 0.15) is 53.9 Å². The number of fused-ring (bicyclic) bond motifs is 1. The molecule has 3 saturated heterocycles. The van der Waals surface area contributed by atoms with E-state index in [4.69, 9.17) is 4.74 Å². The highest BCUT2D eigenvalue weighted by molar-refractivity contribution is 9.09. The summed E-state index contributed by atoms with van der Waals surface area (Å²) in [4.78, 5) is 43.5. The van der Waals surface area contributed by atoms with Crippen LogP contribution in [0.15, 0.2) is 24.3 Å². The van der Waals surface area contributed by atoms with Crippen molar-refractivity contribution in [2.45, 2.75) is 86.8 Å². The van der Waals surface area contributed by atoms with Crippen molar-refractivity contribution >= 4 is 51.1 Å². The molecule has 210 valence electrons. The zero-order chi connectivity index (χ0) is 27.8. The Hall–Kier alpha value is -1.78. The lowest BCUT2D eigenvalue weighted by molar-refractivity contribution is -0.143. The fourth-order valence-corrected chi connectivity index (χ4v) is 10.1. The normalized spacial score (nSPS) is 31.3. The molecule has 8 nitrogen and oxygen atoms in total. The van der Waals surface area contributed by atoms with Gasteiger partial charge in [0.05, 0.1) is 35.8 Å². The average molecular weight is 611 g/mol. The van der Waals surface area contributed by atoms with E-state index in [0.717, 1.165) is 18.6 Å². The van der Waals surface area contributed by atoms with Crippen molar-refractivity contribution in [1.29, 1.82) is 0 Å². The van der Waals surface area contributed by atoms with Crippen molar-refractivity contribution in [1.82, 2.24) is 10.2 Å². The molecule has 3 N–H and O–H groups in total. The predicted molar refractivity (Wildman–Crippen MR) is 154 cm³/mol. The molecule has 3 aliphatic heterocycles. The number of ether oxygens (including phenoxy) is 1. The van der Waals surface area contributed by atoms with Gasteiger partial charge in [0.2, 0.25) is 17.7 Å². The van der Waals surface area contributed by atoms with E-state index in [0.29, 0.717) is 18.7 Å². The number of carbonyl (C=O) groups excluding carboxylic acids is 3. The third-order valence-electron chi connectivity index (χ3n) is 8.14. The van der Waals surface area contributed by atoms with Crippen molar-refractivity contribution in [2.75, 3.05) is 18.5 Å². The van der Waals surface area contributed by atoms with Crippen molar-refractivity contribution in [3.8, 4) is 5.75 Å². The molecule has 0 radical (unpaired) electrons. The highest BCUT2D eigenvalue weighted by Gasteiger charge is 2.76. The second-order valence-corrected chi connectivity index (χ2v) is 13.8. The molecule has 3 fully saturated rings. The Labute approximate surface area is 238 Å². The molecule has 38 heavy (non-hydrogen) atoms. The minimum absolute atomic E-state index is 0.0115. The Kier molecular flexibility index (Phi) is 9.04. The molecule has 3 heterocycles. The molecule has 3 amide bonds. The van der Waals surface area contributed by atoms with E-state index in [9.17, 15) is 19.5 Å². The van der Waals surface area contributed by atoms with Gasteiger partial charge in [-0.25, -0.2) is 0 Å². The molecule has 8 atom stereocenters. The van der Waals surface area contributed by atoms with Gasteiger partial charge >= 0.3 is 0 Å². The maximum atomic E-state index is 14.2. The molecular weight excluding hydrogens is 570 g/mol. The van der Waals surface area contributed by atoms with Gasteiger partial charge in [-0.15, -0.1) is 11.8 Å². The first-order chi connectivity index (χ1) is 18.1. The van der Waals surface area contributed by atoms with Crippen LogP contribution >= 0.6 is 27.7 Å². The maximum absolute atomic E-state index is 14.2. The first-order valence-corrected chi connectivity index (χ1v) is 15.5. The van der Waals surface area contributed by atoms with Crippen molar-refractivity contribution in [3.63, 3.8) is 0 Å². The zero-order valence-corrected chi connectivity index (χ0v) is 25.2. The van der Waals surface area contributed by atoms with E-state index in [-0.39, 0.29) is 46.4 Å². The first kappa shape index (κ1) is 29.2. The van der Waals surface area contributed by atoms with Gasteiger partial charge in [-0.3, -0.25) is 14.4 Å². The quantitative estimate of drug-likeness (QED) is 0.329. The van der Waals surface area contributed by atoms with Gasteiger partial charge in [-0.1, -0.05) is 43.1 Å². The Morgan fingerprint density at radius 3 is 2.47 bits per heavy atom. The highest BCUT2D eigenvalue weighted by atomic mass is 79.9. The van der Waals surface area contributed by atoms with E-state index in [1.54, 1.807) is 40.9 Å². The summed E-state index contributed by atoms with van der Waals surface area (Å²) in [6.45, 7) is 10.2. The van der Waals surface area contributed by atoms with Crippen LogP contribution in [-0.2, 0) is 14.4 Å². The lowest BCUT2D eigenvalue weighted by Gasteiger charge is -2.39. The summed E-state index contributed by atoms with van der Waals surface area (Å²) in [5.41, 5.74) is 0.631. The molecule has 4 rings (SSSR count). The number of hydrogen-bond donors (Lipinski definition) is 3. The number of halogens is 1. The van der Waals surface area contributed by atoms with E-state index in [1.807, 2.05) is 27.7 Å². The van der Waals surface area contributed by atoms with Crippen LogP contribution in [0.4, 0.5) is 5.69 Å². The molecule has 0 aromatic heterocycles. The maximum Gasteiger partial charge on any atom is 0.244 e. The van der Waals surface area contributed by atoms with Crippen LogP contribution in [0, 0.1) is 17.8 Å².